The van der Waals surface area contributed by atoms with Crippen LogP contribution >= 0.6 is 15.9 Å². The Hall–Kier alpha value is -0.870. The summed E-state index contributed by atoms with van der Waals surface area (Å²) in [5, 5.41) is 0. The van der Waals surface area contributed by atoms with Gasteiger partial charge in [0.15, 0.2) is 0 Å². The third-order valence-corrected chi connectivity index (χ3v) is 2.66. The number of halogens is 1. The molecule has 96 valence electrons. The summed E-state index contributed by atoms with van der Waals surface area (Å²) in [5.74, 6) is 0.0587. The van der Waals surface area contributed by atoms with Crippen LogP contribution in [0, 0.1) is 0 Å². The van der Waals surface area contributed by atoms with Crippen molar-refractivity contribution >= 4 is 21.8 Å². The number of carbonyl (C=O) groups is 1. The van der Waals surface area contributed by atoms with E-state index in [1.807, 2.05) is 38.1 Å². The van der Waals surface area contributed by atoms with Crippen LogP contribution in [0.4, 0.5) is 0 Å². The number of amides is 1. The SMILES string of the molecule is CC.CC(=O)N(CCN)Cc1ccc(Br)cc1. The van der Waals surface area contributed by atoms with Crippen molar-refractivity contribution in [2.75, 3.05) is 13.1 Å². The molecule has 0 atom stereocenters. The van der Waals surface area contributed by atoms with E-state index in [0.717, 1.165) is 10.0 Å². The van der Waals surface area contributed by atoms with E-state index in [9.17, 15) is 4.79 Å². The standard InChI is InChI=1S/C11H15BrN2O.C2H6/c1-9(15)14(7-6-13)8-10-2-4-11(12)5-3-10;1-2/h2-5H,6-8,13H2,1H3;1-2H3. The quantitative estimate of drug-likeness (QED) is 0.929. The highest BCUT2D eigenvalue weighted by Gasteiger charge is 2.07. The number of rotatable bonds is 4. The Balaban J connectivity index is 0.00000121. The Bertz CT molecular complexity index is 325. The molecule has 3 nitrogen and oxygen atoms in total. The summed E-state index contributed by atoms with van der Waals surface area (Å²) in [6.07, 6.45) is 0. The van der Waals surface area contributed by atoms with Gasteiger partial charge in [0.1, 0.15) is 0 Å². The molecule has 1 rings (SSSR count). The largest absolute Gasteiger partial charge is 0.337 e. The molecule has 0 saturated carbocycles. The molecule has 0 heterocycles. The number of hydrogen-bond acceptors (Lipinski definition) is 2. The number of benzene rings is 1. The summed E-state index contributed by atoms with van der Waals surface area (Å²) in [7, 11) is 0. The van der Waals surface area contributed by atoms with Gasteiger partial charge in [-0.2, -0.15) is 0 Å². The number of hydrogen-bond donors (Lipinski definition) is 1. The second-order valence-corrected chi connectivity index (χ2v) is 4.27. The van der Waals surface area contributed by atoms with Crippen molar-refractivity contribution in [2.45, 2.75) is 27.3 Å². The average Bonchev–Trinajstić information content (AvgIpc) is 2.34. The lowest BCUT2D eigenvalue weighted by molar-refractivity contribution is -0.129. The van der Waals surface area contributed by atoms with E-state index in [-0.39, 0.29) is 5.91 Å². The molecule has 1 amide bonds. The first-order chi connectivity index (χ1) is 8.13. The van der Waals surface area contributed by atoms with Crippen molar-refractivity contribution in [3.8, 4) is 0 Å². The molecule has 1 aromatic rings. The molecule has 4 heteroatoms. The smallest absolute Gasteiger partial charge is 0.219 e. The van der Waals surface area contributed by atoms with Crippen LogP contribution in [0.3, 0.4) is 0 Å². The van der Waals surface area contributed by atoms with Crippen LogP contribution in [-0.2, 0) is 11.3 Å². The second-order valence-electron chi connectivity index (χ2n) is 3.36. The zero-order valence-corrected chi connectivity index (χ0v) is 12.3. The maximum Gasteiger partial charge on any atom is 0.219 e. The van der Waals surface area contributed by atoms with Gasteiger partial charge < -0.3 is 10.6 Å². The first kappa shape index (κ1) is 16.1. The van der Waals surface area contributed by atoms with Crippen LogP contribution in [0.25, 0.3) is 0 Å². The first-order valence-corrected chi connectivity index (χ1v) is 6.63. The van der Waals surface area contributed by atoms with Gasteiger partial charge in [-0.1, -0.05) is 41.9 Å². The zero-order chi connectivity index (χ0) is 13.3. The van der Waals surface area contributed by atoms with E-state index in [2.05, 4.69) is 15.9 Å². The molecule has 0 aliphatic rings. The molecule has 1 aromatic carbocycles. The van der Waals surface area contributed by atoms with Crippen molar-refractivity contribution < 1.29 is 4.79 Å². The molecule has 17 heavy (non-hydrogen) atoms. The van der Waals surface area contributed by atoms with Gasteiger partial charge in [-0.05, 0) is 17.7 Å². The van der Waals surface area contributed by atoms with Gasteiger partial charge in [-0.25, -0.2) is 0 Å². The van der Waals surface area contributed by atoms with E-state index in [0.29, 0.717) is 19.6 Å². The lowest BCUT2D eigenvalue weighted by Crippen LogP contribution is -2.32. The maximum absolute atomic E-state index is 11.3. The highest BCUT2D eigenvalue weighted by atomic mass is 79.9. The summed E-state index contributed by atoms with van der Waals surface area (Å²) < 4.78 is 1.04. The van der Waals surface area contributed by atoms with Crippen molar-refractivity contribution in [3.63, 3.8) is 0 Å². The number of carbonyl (C=O) groups excluding carboxylic acids is 1. The molecule has 2 N–H and O–H groups in total. The van der Waals surface area contributed by atoms with Gasteiger partial charge in [-0.15, -0.1) is 0 Å². The van der Waals surface area contributed by atoms with Crippen molar-refractivity contribution in [2.24, 2.45) is 5.73 Å². The van der Waals surface area contributed by atoms with Gasteiger partial charge in [-0.3, -0.25) is 4.79 Å². The molecule has 0 aromatic heterocycles. The van der Waals surface area contributed by atoms with E-state index < -0.39 is 0 Å². The molecule has 0 saturated heterocycles. The topological polar surface area (TPSA) is 46.3 Å². The Kier molecular flexibility index (Phi) is 8.72. The molecule has 0 unspecified atom stereocenters. The van der Waals surface area contributed by atoms with Crippen LogP contribution < -0.4 is 5.73 Å². The van der Waals surface area contributed by atoms with Gasteiger partial charge in [0, 0.05) is 31.0 Å². The molecular formula is C13H21BrN2O. The summed E-state index contributed by atoms with van der Waals surface area (Å²) in [5.41, 5.74) is 6.56. The van der Waals surface area contributed by atoms with Crippen LogP contribution in [0.15, 0.2) is 28.7 Å². The van der Waals surface area contributed by atoms with Crippen molar-refractivity contribution in [3.05, 3.63) is 34.3 Å². The number of nitrogens with two attached hydrogens (primary N) is 1. The predicted octanol–water partition coefficient (Wildman–Crippen LogP) is 2.78. The first-order valence-electron chi connectivity index (χ1n) is 5.83. The molecule has 0 radical (unpaired) electrons. The Morgan fingerprint density at radius 2 is 1.82 bits per heavy atom. The second kappa shape index (κ2) is 9.19. The summed E-state index contributed by atoms with van der Waals surface area (Å²) in [6, 6.07) is 7.93. The summed E-state index contributed by atoms with van der Waals surface area (Å²) in [4.78, 5) is 13.0. The summed E-state index contributed by atoms with van der Waals surface area (Å²) >= 11 is 3.37. The van der Waals surface area contributed by atoms with E-state index in [1.165, 1.54) is 0 Å². The van der Waals surface area contributed by atoms with Crippen LogP contribution in [0.1, 0.15) is 26.3 Å². The number of nitrogens with zero attached hydrogens (tertiary/aromatic N) is 1. The minimum Gasteiger partial charge on any atom is -0.337 e. The minimum absolute atomic E-state index is 0.0587. The highest BCUT2D eigenvalue weighted by molar-refractivity contribution is 9.10. The fourth-order valence-electron chi connectivity index (χ4n) is 1.31. The van der Waals surface area contributed by atoms with Crippen molar-refractivity contribution in [1.82, 2.24) is 4.90 Å². The molecule has 0 aliphatic heterocycles. The third-order valence-electron chi connectivity index (χ3n) is 2.13. The fraction of sp³-hybridized carbons (Fsp3) is 0.462. The predicted molar refractivity (Wildman–Crippen MR) is 75.6 cm³/mol. The monoisotopic (exact) mass is 300 g/mol. The van der Waals surface area contributed by atoms with Gasteiger partial charge in [0.05, 0.1) is 0 Å². The Morgan fingerprint density at radius 3 is 2.24 bits per heavy atom. The molecular weight excluding hydrogens is 280 g/mol. The summed E-state index contributed by atoms with van der Waals surface area (Å²) in [6.45, 7) is 7.29. The van der Waals surface area contributed by atoms with Gasteiger partial charge in [0.2, 0.25) is 5.91 Å². The zero-order valence-electron chi connectivity index (χ0n) is 10.7. The molecule has 0 spiro atoms. The van der Waals surface area contributed by atoms with Crippen LogP contribution in [0.5, 0.6) is 0 Å². The normalized spacial score (nSPS) is 9.24. The Labute approximate surface area is 112 Å². The van der Waals surface area contributed by atoms with Crippen LogP contribution in [0.2, 0.25) is 0 Å². The van der Waals surface area contributed by atoms with E-state index in [4.69, 9.17) is 5.73 Å². The van der Waals surface area contributed by atoms with Gasteiger partial charge in [0.25, 0.3) is 0 Å². The molecule has 0 fully saturated rings. The van der Waals surface area contributed by atoms with Gasteiger partial charge >= 0.3 is 0 Å². The lowest BCUT2D eigenvalue weighted by atomic mass is 10.2. The molecule has 0 aliphatic carbocycles. The molecule has 0 bridgehead atoms. The fourth-order valence-corrected chi connectivity index (χ4v) is 1.58. The average molecular weight is 301 g/mol. The maximum atomic E-state index is 11.3. The lowest BCUT2D eigenvalue weighted by Gasteiger charge is -2.20. The van der Waals surface area contributed by atoms with E-state index >= 15 is 0 Å². The van der Waals surface area contributed by atoms with Crippen LogP contribution in [-0.4, -0.2) is 23.9 Å². The third kappa shape index (κ3) is 6.44. The highest BCUT2D eigenvalue weighted by Crippen LogP contribution is 2.12. The minimum atomic E-state index is 0.0587. The van der Waals surface area contributed by atoms with Crippen molar-refractivity contribution in [1.29, 1.82) is 0 Å². The van der Waals surface area contributed by atoms with E-state index in [1.54, 1.807) is 11.8 Å². The Morgan fingerprint density at radius 1 is 1.29 bits per heavy atom.